The van der Waals surface area contributed by atoms with Crippen molar-refractivity contribution in [2.75, 3.05) is 0 Å². The number of aromatic hydroxyl groups is 1. The summed E-state index contributed by atoms with van der Waals surface area (Å²) in [4.78, 5) is 0. The molecule has 0 bridgehead atoms. The molecule has 0 aliphatic rings. The average Bonchev–Trinajstić information content (AvgIpc) is 2.12. The van der Waals surface area contributed by atoms with Crippen molar-refractivity contribution < 1.29 is 5.11 Å². The molecular weight excluding hydrogens is 228 g/mol. The zero-order chi connectivity index (χ0) is 9.42. The Kier molecular flexibility index (Phi) is 2.00. The normalized spacial score (nSPS) is 10.6. The van der Waals surface area contributed by atoms with E-state index in [1.165, 1.54) is 5.56 Å². The standard InChI is InChI=1S/C11H9BrO/c1-7-2-4-9-8(6-7)3-5-10(12)11(9)13/h2-6,13H,1H3. The summed E-state index contributed by atoms with van der Waals surface area (Å²) >= 11 is 3.28. The van der Waals surface area contributed by atoms with Crippen molar-refractivity contribution in [3.8, 4) is 5.75 Å². The number of rotatable bonds is 0. The lowest BCUT2D eigenvalue weighted by Gasteiger charge is -2.03. The lowest BCUT2D eigenvalue weighted by atomic mass is 10.1. The largest absolute Gasteiger partial charge is 0.506 e. The minimum Gasteiger partial charge on any atom is -0.506 e. The van der Waals surface area contributed by atoms with Gasteiger partial charge in [-0.2, -0.15) is 0 Å². The molecule has 2 heteroatoms. The van der Waals surface area contributed by atoms with Crippen LogP contribution < -0.4 is 0 Å². The highest BCUT2D eigenvalue weighted by Crippen LogP contribution is 2.32. The Morgan fingerprint density at radius 3 is 2.69 bits per heavy atom. The Hall–Kier alpha value is -1.02. The molecule has 0 aliphatic heterocycles. The molecule has 0 amide bonds. The summed E-state index contributed by atoms with van der Waals surface area (Å²) < 4.78 is 0.740. The van der Waals surface area contributed by atoms with Crippen molar-refractivity contribution in [2.24, 2.45) is 0 Å². The van der Waals surface area contributed by atoms with Gasteiger partial charge in [-0.25, -0.2) is 0 Å². The summed E-state index contributed by atoms with van der Waals surface area (Å²) in [5, 5.41) is 11.7. The highest BCUT2D eigenvalue weighted by molar-refractivity contribution is 9.10. The van der Waals surface area contributed by atoms with Crippen molar-refractivity contribution in [2.45, 2.75) is 6.92 Å². The van der Waals surface area contributed by atoms with Crippen LogP contribution in [-0.4, -0.2) is 5.11 Å². The molecule has 2 aromatic rings. The average molecular weight is 237 g/mol. The van der Waals surface area contributed by atoms with Crippen molar-refractivity contribution in [3.63, 3.8) is 0 Å². The number of hydrogen-bond acceptors (Lipinski definition) is 1. The van der Waals surface area contributed by atoms with Crippen LogP contribution in [-0.2, 0) is 0 Å². The van der Waals surface area contributed by atoms with E-state index >= 15 is 0 Å². The van der Waals surface area contributed by atoms with E-state index in [1.807, 2.05) is 31.2 Å². The number of aryl methyl sites for hydroxylation is 1. The monoisotopic (exact) mass is 236 g/mol. The molecule has 2 aromatic carbocycles. The molecule has 66 valence electrons. The van der Waals surface area contributed by atoms with Gasteiger partial charge < -0.3 is 5.11 Å². The number of phenolic OH excluding ortho intramolecular Hbond substituents is 1. The first-order chi connectivity index (χ1) is 6.18. The molecular formula is C11H9BrO. The number of fused-ring (bicyclic) bond motifs is 1. The Labute approximate surface area is 85.1 Å². The van der Waals surface area contributed by atoms with Gasteiger partial charge in [-0.15, -0.1) is 0 Å². The maximum absolute atomic E-state index is 9.70. The smallest absolute Gasteiger partial charge is 0.137 e. The minimum absolute atomic E-state index is 0.317. The van der Waals surface area contributed by atoms with E-state index in [-0.39, 0.29) is 0 Å². The van der Waals surface area contributed by atoms with E-state index in [9.17, 15) is 5.11 Å². The van der Waals surface area contributed by atoms with Crippen LogP contribution in [0.3, 0.4) is 0 Å². The number of hydrogen-bond donors (Lipinski definition) is 1. The third-order valence-corrected chi connectivity index (χ3v) is 2.74. The van der Waals surface area contributed by atoms with E-state index in [1.54, 1.807) is 0 Å². The highest BCUT2D eigenvalue weighted by atomic mass is 79.9. The first-order valence-corrected chi connectivity index (χ1v) is 4.85. The predicted octanol–water partition coefficient (Wildman–Crippen LogP) is 3.62. The van der Waals surface area contributed by atoms with Crippen LogP contribution in [0.5, 0.6) is 5.75 Å². The third-order valence-electron chi connectivity index (χ3n) is 2.10. The fourth-order valence-corrected chi connectivity index (χ4v) is 1.75. The zero-order valence-corrected chi connectivity index (χ0v) is 8.80. The topological polar surface area (TPSA) is 20.2 Å². The Morgan fingerprint density at radius 2 is 1.92 bits per heavy atom. The predicted molar refractivity (Wildman–Crippen MR) is 58.0 cm³/mol. The molecule has 13 heavy (non-hydrogen) atoms. The van der Waals surface area contributed by atoms with Gasteiger partial charge in [0.05, 0.1) is 4.47 Å². The minimum atomic E-state index is 0.317. The molecule has 0 saturated carbocycles. The molecule has 0 radical (unpaired) electrons. The van der Waals surface area contributed by atoms with E-state index < -0.39 is 0 Å². The fraction of sp³-hybridized carbons (Fsp3) is 0.0909. The number of benzene rings is 2. The first-order valence-electron chi connectivity index (χ1n) is 4.06. The second-order valence-electron chi connectivity index (χ2n) is 3.12. The van der Waals surface area contributed by atoms with Gasteiger partial charge in [0.2, 0.25) is 0 Å². The van der Waals surface area contributed by atoms with Crippen molar-refractivity contribution in [3.05, 3.63) is 40.4 Å². The van der Waals surface area contributed by atoms with Crippen molar-refractivity contribution >= 4 is 26.7 Å². The van der Waals surface area contributed by atoms with Gasteiger partial charge in [-0.05, 0) is 34.3 Å². The van der Waals surface area contributed by atoms with E-state index in [0.29, 0.717) is 5.75 Å². The van der Waals surface area contributed by atoms with Crippen LogP contribution >= 0.6 is 15.9 Å². The molecule has 0 saturated heterocycles. The summed E-state index contributed by atoms with van der Waals surface area (Å²) in [5.41, 5.74) is 1.20. The zero-order valence-electron chi connectivity index (χ0n) is 7.21. The SMILES string of the molecule is Cc1ccc2c(O)c(Br)ccc2c1. The van der Waals surface area contributed by atoms with Crippen molar-refractivity contribution in [1.82, 2.24) is 0 Å². The molecule has 0 aliphatic carbocycles. The van der Waals surface area contributed by atoms with Gasteiger partial charge in [0.15, 0.2) is 0 Å². The molecule has 0 unspecified atom stereocenters. The summed E-state index contributed by atoms with van der Waals surface area (Å²) in [6.45, 7) is 2.04. The number of phenols is 1. The van der Waals surface area contributed by atoms with Crippen LogP contribution in [0.4, 0.5) is 0 Å². The molecule has 0 atom stereocenters. The highest BCUT2D eigenvalue weighted by Gasteiger charge is 2.02. The maximum Gasteiger partial charge on any atom is 0.137 e. The molecule has 2 rings (SSSR count). The van der Waals surface area contributed by atoms with Gasteiger partial charge in [-0.1, -0.05) is 29.8 Å². The van der Waals surface area contributed by atoms with Crippen molar-refractivity contribution in [1.29, 1.82) is 0 Å². The molecule has 0 aromatic heterocycles. The van der Waals surface area contributed by atoms with Gasteiger partial charge in [0, 0.05) is 5.39 Å². The summed E-state index contributed by atoms with van der Waals surface area (Å²) in [6.07, 6.45) is 0. The fourth-order valence-electron chi connectivity index (χ4n) is 1.41. The van der Waals surface area contributed by atoms with Crippen LogP contribution in [0.15, 0.2) is 34.8 Å². The Balaban J connectivity index is 2.87. The van der Waals surface area contributed by atoms with Crippen LogP contribution in [0, 0.1) is 6.92 Å². The molecule has 0 fully saturated rings. The van der Waals surface area contributed by atoms with Gasteiger partial charge >= 0.3 is 0 Å². The van der Waals surface area contributed by atoms with Gasteiger partial charge in [0.1, 0.15) is 5.75 Å². The maximum atomic E-state index is 9.70. The third kappa shape index (κ3) is 1.42. The summed E-state index contributed by atoms with van der Waals surface area (Å²) in [5.74, 6) is 0.317. The second-order valence-corrected chi connectivity index (χ2v) is 3.97. The molecule has 0 heterocycles. The molecule has 0 spiro atoms. The summed E-state index contributed by atoms with van der Waals surface area (Å²) in [7, 11) is 0. The van der Waals surface area contributed by atoms with Crippen LogP contribution in [0.1, 0.15) is 5.56 Å². The second kappa shape index (κ2) is 3.04. The Bertz CT molecular complexity index is 463. The lowest BCUT2D eigenvalue weighted by molar-refractivity contribution is 0.478. The van der Waals surface area contributed by atoms with Crippen LogP contribution in [0.2, 0.25) is 0 Å². The first kappa shape index (κ1) is 8.57. The summed E-state index contributed by atoms with van der Waals surface area (Å²) in [6, 6.07) is 9.84. The quantitative estimate of drug-likeness (QED) is 0.741. The Morgan fingerprint density at radius 1 is 1.15 bits per heavy atom. The van der Waals surface area contributed by atoms with Gasteiger partial charge in [-0.3, -0.25) is 0 Å². The number of halogens is 1. The van der Waals surface area contributed by atoms with Gasteiger partial charge in [0.25, 0.3) is 0 Å². The van der Waals surface area contributed by atoms with E-state index in [0.717, 1.165) is 15.2 Å². The van der Waals surface area contributed by atoms with E-state index in [4.69, 9.17) is 0 Å². The van der Waals surface area contributed by atoms with E-state index in [2.05, 4.69) is 22.0 Å². The molecule has 1 nitrogen and oxygen atoms in total. The van der Waals surface area contributed by atoms with Crippen LogP contribution in [0.25, 0.3) is 10.8 Å². The molecule has 1 N–H and O–H groups in total. The lowest BCUT2D eigenvalue weighted by Crippen LogP contribution is -1.77.